The van der Waals surface area contributed by atoms with Gasteiger partial charge in [-0.15, -0.1) is 0 Å². The number of nitrogens with zero attached hydrogens (tertiary/aromatic N) is 1. The number of rotatable bonds is 17. The van der Waals surface area contributed by atoms with Gasteiger partial charge in [0, 0.05) is 38.2 Å². The van der Waals surface area contributed by atoms with Gasteiger partial charge in [-0.1, -0.05) is 101 Å². The smallest absolute Gasteiger partial charge is 0.265 e. The number of aliphatic hydroxyl groups excluding tert-OH is 4. The standard InChI is InChI=1S/C44H62N2O12/c1-10-12-14-22-32-43(6,7)39(51)40(52)44(55,58-32)29(11-2)41(53)45-24-18-17-20-27(4)37(56-9)28(5)38-36(50)35(49)31(57-38)21-16-13-15-19-26(3)34(48)33-30(47)23-25-46(8)42(33)54/h10,12-23,25,28-29,31-32,35-40,47,49-52,55H,11,24H2,1-9H3,(H,45,53)/t28?,29-,31?,32?,35+,36+,37-,38?,39?,40?,44?/m1/s1. The van der Waals surface area contributed by atoms with Crippen LogP contribution in [-0.2, 0) is 26.1 Å². The number of pyridine rings is 1. The number of carbonyl (C=O) groups excluding carboxylic acids is 2. The Kier molecular flexibility index (Phi) is 17.5. The molecule has 11 atom stereocenters. The van der Waals surface area contributed by atoms with E-state index in [9.17, 15) is 45.0 Å². The maximum atomic E-state index is 13.3. The number of amides is 1. The van der Waals surface area contributed by atoms with E-state index in [4.69, 9.17) is 14.2 Å². The van der Waals surface area contributed by atoms with Crippen LogP contribution in [0.3, 0.4) is 0 Å². The van der Waals surface area contributed by atoms with Gasteiger partial charge >= 0.3 is 0 Å². The molecule has 7 N–H and O–H groups in total. The first-order valence-corrected chi connectivity index (χ1v) is 19.5. The Hall–Kier alpha value is -4.25. The molecular formula is C44H62N2O12. The Labute approximate surface area is 340 Å². The van der Waals surface area contributed by atoms with Crippen molar-refractivity contribution < 1.29 is 54.4 Å². The molecule has 2 aliphatic heterocycles. The number of aryl methyl sites for hydroxylation is 1. The third-order valence-electron chi connectivity index (χ3n) is 11.0. The molecule has 0 bridgehead atoms. The van der Waals surface area contributed by atoms with E-state index in [0.717, 1.165) is 5.57 Å². The number of Topliss-reactive ketones (excluding diaryl/α,β-unsaturated/α-hetero) is 1. The second-order valence-electron chi connectivity index (χ2n) is 15.5. The molecule has 1 amide bonds. The van der Waals surface area contributed by atoms with Gasteiger partial charge in [0.25, 0.3) is 5.56 Å². The summed E-state index contributed by atoms with van der Waals surface area (Å²) in [5.74, 6) is -5.51. The summed E-state index contributed by atoms with van der Waals surface area (Å²) in [6.07, 6.45) is 13.0. The molecule has 320 valence electrons. The topological polar surface area (TPSA) is 217 Å². The lowest BCUT2D eigenvalue weighted by molar-refractivity contribution is -0.359. The van der Waals surface area contributed by atoms with E-state index in [2.05, 4.69) is 5.32 Å². The molecule has 0 spiro atoms. The predicted octanol–water partition coefficient (Wildman–Crippen LogP) is 3.09. The number of ether oxygens (including phenoxy) is 3. The van der Waals surface area contributed by atoms with Crippen molar-refractivity contribution in [1.29, 1.82) is 0 Å². The zero-order valence-electron chi connectivity index (χ0n) is 34.9. The number of hydrogen-bond donors (Lipinski definition) is 7. The van der Waals surface area contributed by atoms with Crippen molar-refractivity contribution >= 4 is 11.7 Å². The van der Waals surface area contributed by atoms with Gasteiger partial charge in [0.15, 0.2) is 5.78 Å². The number of aromatic nitrogens is 1. The molecule has 2 saturated heterocycles. The normalized spacial score (nSPS) is 29.9. The second kappa shape index (κ2) is 21.1. The number of hydrogen-bond acceptors (Lipinski definition) is 12. The van der Waals surface area contributed by atoms with E-state index in [1.807, 2.05) is 26.8 Å². The van der Waals surface area contributed by atoms with Crippen LogP contribution in [0.2, 0.25) is 0 Å². The molecule has 58 heavy (non-hydrogen) atoms. The van der Waals surface area contributed by atoms with E-state index in [0.29, 0.717) is 0 Å². The van der Waals surface area contributed by atoms with E-state index in [1.54, 1.807) is 81.5 Å². The van der Waals surface area contributed by atoms with Crippen LogP contribution in [0.1, 0.15) is 65.2 Å². The number of aromatic hydroxyl groups is 1. The van der Waals surface area contributed by atoms with Gasteiger partial charge in [-0.25, -0.2) is 0 Å². The van der Waals surface area contributed by atoms with Crippen LogP contribution < -0.4 is 10.9 Å². The van der Waals surface area contributed by atoms with Crippen molar-refractivity contribution in [1.82, 2.24) is 9.88 Å². The molecule has 0 aliphatic carbocycles. The molecule has 14 heteroatoms. The van der Waals surface area contributed by atoms with Crippen molar-refractivity contribution in [3.8, 4) is 5.75 Å². The highest BCUT2D eigenvalue weighted by molar-refractivity contribution is 6.09. The summed E-state index contributed by atoms with van der Waals surface area (Å²) in [7, 11) is 3.01. The molecule has 14 nitrogen and oxygen atoms in total. The molecule has 0 aromatic carbocycles. The number of nitrogens with one attached hydrogen (secondary N) is 1. The van der Waals surface area contributed by atoms with E-state index in [-0.39, 0.29) is 24.1 Å². The maximum absolute atomic E-state index is 13.3. The fourth-order valence-corrected chi connectivity index (χ4v) is 7.27. The lowest BCUT2D eigenvalue weighted by Crippen LogP contribution is -2.69. The number of carbonyl (C=O) groups is 2. The first-order valence-electron chi connectivity index (χ1n) is 19.5. The molecule has 2 aliphatic rings. The highest BCUT2D eigenvalue weighted by Gasteiger charge is 2.60. The van der Waals surface area contributed by atoms with Crippen LogP contribution in [0.5, 0.6) is 5.75 Å². The first-order chi connectivity index (χ1) is 27.3. The van der Waals surface area contributed by atoms with Crippen LogP contribution in [0.4, 0.5) is 0 Å². The molecule has 3 rings (SSSR count). The van der Waals surface area contributed by atoms with E-state index >= 15 is 0 Å². The molecule has 1 aromatic heterocycles. The summed E-state index contributed by atoms with van der Waals surface area (Å²) in [5, 5.41) is 68.0. The average molecular weight is 811 g/mol. The summed E-state index contributed by atoms with van der Waals surface area (Å²) < 4.78 is 19.0. The monoisotopic (exact) mass is 810 g/mol. The van der Waals surface area contributed by atoms with E-state index in [1.165, 1.54) is 44.0 Å². The largest absolute Gasteiger partial charge is 0.507 e. The quantitative estimate of drug-likeness (QED) is 0.0687. The minimum absolute atomic E-state index is 0.0818. The van der Waals surface area contributed by atoms with Gasteiger partial charge in [-0.05, 0) is 44.4 Å². The van der Waals surface area contributed by atoms with Crippen molar-refractivity contribution in [2.24, 2.45) is 24.3 Å². The molecule has 2 fully saturated rings. The van der Waals surface area contributed by atoms with Crippen molar-refractivity contribution in [2.45, 2.75) is 110 Å². The minimum atomic E-state index is -2.34. The van der Waals surface area contributed by atoms with Crippen LogP contribution in [0, 0.1) is 17.3 Å². The Balaban J connectivity index is 1.61. The molecule has 0 saturated carbocycles. The Bertz CT molecular complexity index is 1860. The summed E-state index contributed by atoms with van der Waals surface area (Å²) >= 11 is 0. The number of aliphatic hydroxyl groups is 5. The molecule has 7 unspecified atom stereocenters. The van der Waals surface area contributed by atoms with E-state index < -0.39 is 94.9 Å². The summed E-state index contributed by atoms with van der Waals surface area (Å²) in [4.78, 5) is 38.4. The Morgan fingerprint density at radius 2 is 1.67 bits per heavy atom. The number of ketones is 1. The first kappa shape index (κ1) is 48.1. The minimum Gasteiger partial charge on any atom is -0.507 e. The lowest BCUT2D eigenvalue weighted by Gasteiger charge is -2.53. The third-order valence-corrected chi connectivity index (χ3v) is 11.0. The predicted molar refractivity (Wildman–Crippen MR) is 220 cm³/mol. The van der Waals surface area contributed by atoms with Gasteiger partial charge in [-0.3, -0.25) is 14.4 Å². The maximum Gasteiger partial charge on any atom is 0.265 e. The van der Waals surface area contributed by atoms with Crippen LogP contribution >= 0.6 is 0 Å². The molecule has 0 radical (unpaired) electrons. The van der Waals surface area contributed by atoms with Gasteiger partial charge in [0.1, 0.15) is 35.7 Å². The van der Waals surface area contributed by atoms with Gasteiger partial charge in [0.2, 0.25) is 11.7 Å². The van der Waals surface area contributed by atoms with Crippen LogP contribution in [0.25, 0.3) is 0 Å². The summed E-state index contributed by atoms with van der Waals surface area (Å²) in [5.41, 5.74) is -0.881. The van der Waals surface area contributed by atoms with Crippen molar-refractivity contribution in [2.75, 3.05) is 13.7 Å². The third kappa shape index (κ3) is 10.9. The van der Waals surface area contributed by atoms with Crippen molar-refractivity contribution in [3.05, 3.63) is 112 Å². The zero-order valence-corrected chi connectivity index (χ0v) is 34.9. The Morgan fingerprint density at radius 3 is 2.31 bits per heavy atom. The average Bonchev–Trinajstić information content (AvgIpc) is 3.46. The summed E-state index contributed by atoms with van der Waals surface area (Å²) in [6, 6.07) is 1.27. The zero-order chi connectivity index (χ0) is 43.5. The molecule has 3 heterocycles. The highest BCUT2D eigenvalue weighted by atomic mass is 16.7. The lowest BCUT2D eigenvalue weighted by atomic mass is 9.71. The van der Waals surface area contributed by atoms with Gasteiger partial charge < -0.3 is 54.7 Å². The number of allylic oxidation sites excluding steroid dienone is 10. The molecule has 1 aromatic rings. The second-order valence-corrected chi connectivity index (χ2v) is 15.5. The van der Waals surface area contributed by atoms with Crippen LogP contribution in [-0.4, -0.2) is 115 Å². The highest BCUT2D eigenvalue weighted by Crippen LogP contribution is 2.44. The summed E-state index contributed by atoms with van der Waals surface area (Å²) in [6.45, 7) is 12.2. The van der Waals surface area contributed by atoms with Crippen molar-refractivity contribution in [3.63, 3.8) is 0 Å². The SMILES string of the molecule is CC=CC=CC1OC(O)([C@H](CC)C(=O)NCC=CC=C(C)[C@@H](OC)C(C)C2OC(C=CC=CC=C(C)C(=O)c3c(O)ccn(C)c3=O)[C@H](O)[C@@H]2O)C(O)C(O)C1(C)C. The van der Waals surface area contributed by atoms with Gasteiger partial charge in [0.05, 0.1) is 30.3 Å². The van der Waals surface area contributed by atoms with Crippen LogP contribution in [0.15, 0.2) is 101 Å². The molecular weight excluding hydrogens is 748 g/mol. The Morgan fingerprint density at radius 1 is 1.00 bits per heavy atom. The fraction of sp³-hybridized carbons (Fsp3) is 0.523. The fourth-order valence-electron chi connectivity index (χ4n) is 7.27. The number of methoxy groups -OCH3 is 1. The van der Waals surface area contributed by atoms with Gasteiger partial charge in [-0.2, -0.15) is 0 Å².